The van der Waals surface area contributed by atoms with Crippen molar-refractivity contribution in [3.63, 3.8) is 0 Å². The average molecular weight is 832 g/mol. The molecule has 0 fully saturated rings. The van der Waals surface area contributed by atoms with Gasteiger partial charge >= 0.3 is 5.97 Å². The third-order valence-electron chi connectivity index (χ3n) is 10.3. The van der Waals surface area contributed by atoms with Gasteiger partial charge in [0.05, 0.1) is 25.2 Å². The highest BCUT2D eigenvalue weighted by molar-refractivity contribution is 5.77. The van der Waals surface area contributed by atoms with Gasteiger partial charge in [-0.1, -0.05) is 233 Å². The number of rotatable bonds is 41. The number of esters is 1. The molecule has 3 atom stereocenters. The fourth-order valence-electron chi connectivity index (χ4n) is 6.70. The monoisotopic (exact) mass is 832 g/mol. The molecular weight excluding hydrogens is 743 g/mol. The minimum Gasteiger partial charge on any atom is -0.462 e. The molecule has 0 aromatic carbocycles. The number of hydrogen-bond donors (Lipinski definition) is 3. The first-order valence-electron chi connectivity index (χ1n) is 24.2. The Morgan fingerprint density at radius 1 is 0.500 bits per heavy atom. The van der Waals surface area contributed by atoms with Crippen molar-refractivity contribution in [3.05, 3.63) is 109 Å². The SMILES string of the molecule is CC\C=C/C=C/C=C/C=C\C=C\C=C\CCCC(CC(=O)NC(CO)C(O)CCCCCCCCCCCCC)OC(=O)CCCCCCCCC/C=C/C=C/C=C/CC. The van der Waals surface area contributed by atoms with Gasteiger partial charge in [-0.05, 0) is 57.8 Å². The summed E-state index contributed by atoms with van der Waals surface area (Å²) in [6.45, 7) is 6.16. The summed E-state index contributed by atoms with van der Waals surface area (Å²) in [5.41, 5.74) is 0. The van der Waals surface area contributed by atoms with E-state index in [1.54, 1.807) is 0 Å². The summed E-state index contributed by atoms with van der Waals surface area (Å²) in [6, 6.07) is -0.734. The topological polar surface area (TPSA) is 95.9 Å². The van der Waals surface area contributed by atoms with Gasteiger partial charge in [-0.2, -0.15) is 0 Å². The molecule has 0 aliphatic heterocycles. The van der Waals surface area contributed by atoms with Crippen LogP contribution in [0.4, 0.5) is 0 Å². The van der Waals surface area contributed by atoms with Crippen LogP contribution in [0.5, 0.6) is 0 Å². The van der Waals surface area contributed by atoms with Crippen LogP contribution in [0.2, 0.25) is 0 Å². The standard InChI is InChI=1S/C54H89NO5/c1-4-7-10-13-16-19-22-24-26-28-31-33-36-39-42-45-50(60-54(59)47-44-41-38-35-32-29-27-25-23-20-17-14-11-8-5-2)48-53(58)55-51(49-56)52(57)46-43-40-37-34-30-21-18-15-12-9-6-3/h7-8,10-11,13-14,16-17,19-20,22-24,26,28,31,33,36,50-52,56-57H,4-6,9,12,15,18,21,25,27,29-30,32,34-35,37-49H2,1-3H3,(H,55,58)/b10-7-,11-8+,16-13+,17-14+,22-19+,23-20+,26-24-,31-28+,36-33+. The van der Waals surface area contributed by atoms with E-state index in [-0.39, 0.29) is 24.9 Å². The molecule has 3 N–H and O–H groups in total. The van der Waals surface area contributed by atoms with Gasteiger partial charge in [-0.3, -0.25) is 9.59 Å². The summed E-state index contributed by atoms with van der Waals surface area (Å²) < 4.78 is 5.88. The maximum atomic E-state index is 13.2. The third kappa shape index (κ3) is 41.3. The Morgan fingerprint density at radius 3 is 1.40 bits per heavy atom. The molecule has 0 heterocycles. The minimum atomic E-state index is -0.815. The van der Waals surface area contributed by atoms with Gasteiger partial charge in [0, 0.05) is 6.42 Å². The zero-order valence-corrected chi connectivity index (χ0v) is 38.5. The van der Waals surface area contributed by atoms with Crippen LogP contribution in [0.1, 0.15) is 194 Å². The predicted molar refractivity (Wildman–Crippen MR) is 259 cm³/mol. The van der Waals surface area contributed by atoms with Crippen LogP contribution in [0, 0.1) is 0 Å². The molecule has 0 aromatic rings. The highest BCUT2D eigenvalue weighted by Gasteiger charge is 2.24. The van der Waals surface area contributed by atoms with Crippen LogP contribution in [0.15, 0.2) is 109 Å². The van der Waals surface area contributed by atoms with Gasteiger partial charge in [0.15, 0.2) is 0 Å². The number of allylic oxidation sites excluding steroid dienone is 18. The molecule has 0 radical (unpaired) electrons. The second kappa shape index (κ2) is 46.6. The van der Waals surface area contributed by atoms with E-state index in [0.717, 1.165) is 70.6 Å². The van der Waals surface area contributed by atoms with Crippen LogP contribution in [0.3, 0.4) is 0 Å². The molecular formula is C54H89NO5. The summed E-state index contributed by atoms with van der Waals surface area (Å²) in [5.74, 6) is -0.575. The van der Waals surface area contributed by atoms with E-state index < -0.39 is 18.2 Å². The van der Waals surface area contributed by atoms with Crippen molar-refractivity contribution in [2.45, 2.75) is 212 Å². The quantitative estimate of drug-likeness (QED) is 0.0324. The molecule has 3 unspecified atom stereocenters. The molecule has 0 spiro atoms. The van der Waals surface area contributed by atoms with Crippen molar-refractivity contribution < 1.29 is 24.5 Å². The number of amides is 1. The zero-order chi connectivity index (χ0) is 43.8. The Bertz CT molecular complexity index is 1250. The van der Waals surface area contributed by atoms with Crippen LogP contribution >= 0.6 is 0 Å². The van der Waals surface area contributed by atoms with E-state index in [4.69, 9.17) is 4.74 Å². The van der Waals surface area contributed by atoms with E-state index in [1.165, 1.54) is 77.0 Å². The van der Waals surface area contributed by atoms with Crippen molar-refractivity contribution in [1.29, 1.82) is 0 Å². The molecule has 0 saturated heterocycles. The number of aliphatic hydroxyl groups excluding tert-OH is 2. The minimum absolute atomic E-state index is 0.0147. The Kier molecular flexibility index (Phi) is 43.9. The van der Waals surface area contributed by atoms with Crippen molar-refractivity contribution in [3.8, 4) is 0 Å². The van der Waals surface area contributed by atoms with Crippen molar-refractivity contribution >= 4 is 11.9 Å². The molecule has 6 heteroatoms. The smallest absolute Gasteiger partial charge is 0.306 e. The molecule has 6 nitrogen and oxygen atoms in total. The van der Waals surface area contributed by atoms with Crippen LogP contribution in [0.25, 0.3) is 0 Å². The van der Waals surface area contributed by atoms with E-state index in [1.807, 2.05) is 60.8 Å². The Labute approximate surface area is 368 Å². The fourth-order valence-corrected chi connectivity index (χ4v) is 6.70. The average Bonchev–Trinajstić information content (AvgIpc) is 3.24. The third-order valence-corrected chi connectivity index (χ3v) is 10.3. The molecule has 340 valence electrons. The highest BCUT2D eigenvalue weighted by atomic mass is 16.5. The first-order chi connectivity index (χ1) is 29.5. The number of nitrogens with one attached hydrogen (secondary N) is 1. The van der Waals surface area contributed by atoms with Gasteiger partial charge < -0.3 is 20.3 Å². The molecule has 0 aromatic heterocycles. The number of aliphatic hydroxyl groups is 2. The Balaban J connectivity index is 4.79. The summed E-state index contributed by atoms with van der Waals surface area (Å²) in [7, 11) is 0. The fraction of sp³-hybridized carbons (Fsp3) is 0.630. The van der Waals surface area contributed by atoms with Crippen molar-refractivity contribution in [1.82, 2.24) is 5.32 Å². The molecule has 1 amide bonds. The number of unbranched alkanes of at least 4 members (excludes halogenated alkanes) is 18. The van der Waals surface area contributed by atoms with E-state index >= 15 is 0 Å². The van der Waals surface area contributed by atoms with Crippen LogP contribution in [-0.4, -0.2) is 46.9 Å². The van der Waals surface area contributed by atoms with Crippen LogP contribution < -0.4 is 5.32 Å². The van der Waals surface area contributed by atoms with E-state index in [0.29, 0.717) is 19.3 Å². The van der Waals surface area contributed by atoms with Gasteiger partial charge in [-0.15, -0.1) is 0 Å². The van der Waals surface area contributed by atoms with Gasteiger partial charge in [0.25, 0.3) is 0 Å². The van der Waals surface area contributed by atoms with Gasteiger partial charge in [-0.25, -0.2) is 0 Å². The summed E-state index contributed by atoms with van der Waals surface area (Å²) in [4.78, 5) is 26.1. The number of carbonyl (C=O) groups is 2. The number of ether oxygens (including phenoxy) is 1. The molecule has 0 aliphatic carbocycles. The molecule has 0 bridgehead atoms. The van der Waals surface area contributed by atoms with E-state index in [2.05, 4.69) is 74.7 Å². The second-order valence-corrected chi connectivity index (χ2v) is 16.0. The lowest BCUT2D eigenvalue weighted by Crippen LogP contribution is -2.46. The molecule has 60 heavy (non-hydrogen) atoms. The molecule has 0 aliphatic rings. The molecule has 0 rings (SSSR count). The summed E-state index contributed by atoms with van der Waals surface area (Å²) in [6.07, 6.45) is 62.9. The van der Waals surface area contributed by atoms with Crippen LogP contribution in [-0.2, 0) is 14.3 Å². The largest absolute Gasteiger partial charge is 0.462 e. The summed E-state index contributed by atoms with van der Waals surface area (Å²) >= 11 is 0. The normalized spacial score (nSPS) is 14.3. The van der Waals surface area contributed by atoms with E-state index in [9.17, 15) is 19.8 Å². The Morgan fingerprint density at radius 2 is 0.917 bits per heavy atom. The summed E-state index contributed by atoms with van der Waals surface area (Å²) in [5, 5.41) is 23.7. The van der Waals surface area contributed by atoms with Crippen molar-refractivity contribution in [2.24, 2.45) is 0 Å². The number of hydrogen-bond acceptors (Lipinski definition) is 5. The first-order valence-corrected chi connectivity index (χ1v) is 24.2. The number of carbonyl (C=O) groups excluding carboxylic acids is 2. The lowest BCUT2D eigenvalue weighted by Gasteiger charge is -2.24. The lowest BCUT2D eigenvalue weighted by molar-refractivity contribution is -0.151. The van der Waals surface area contributed by atoms with Crippen molar-refractivity contribution in [2.75, 3.05) is 6.61 Å². The lowest BCUT2D eigenvalue weighted by atomic mass is 10.0. The zero-order valence-electron chi connectivity index (χ0n) is 38.5. The maximum Gasteiger partial charge on any atom is 0.306 e. The second-order valence-electron chi connectivity index (χ2n) is 16.0. The molecule has 0 saturated carbocycles. The van der Waals surface area contributed by atoms with Gasteiger partial charge in [0.2, 0.25) is 5.91 Å². The highest BCUT2D eigenvalue weighted by Crippen LogP contribution is 2.16. The predicted octanol–water partition coefficient (Wildman–Crippen LogP) is 14.3. The maximum absolute atomic E-state index is 13.2. The first kappa shape index (κ1) is 56.5. The Hall–Kier alpha value is -3.48. The van der Waals surface area contributed by atoms with Gasteiger partial charge in [0.1, 0.15) is 6.10 Å².